The zero-order valence-corrected chi connectivity index (χ0v) is 20.0. The first kappa shape index (κ1) is 20.6. The number of halogens is 1. The van der Waals surface area contributed by atoms with Crippen molar-refractivity contribution in [2.45, 2.75) is 18.9 Å². The minimum Gasteiger partial charge on any atom is -0.321 e. The number of benzene rings is 3. The van der Waals surface area contributed by atoms with E-state index in [2.05, 4.69) is 17.4 Å². The van der Waals surface area contributed by atoms with Crippen molar-refractivity contribution in [1.29, 1.82) is 0 Å². The van der Waals surface area contributed by atoms with Gasteiger partial charge in [0, 0.05) is 21.8 Å². The molecule has 0 radical (unpaired) electrons. The van der Waals surface area contributed by atoms with Gasteiger partial charge in [-0.1, -0.05) is 83.6 Å². The van der Waals surface area contributed by atoms with E-state index in [1.807, 2.05) is 60.7 Å². The van der Waals surface area contributed by atoms with E-state index in [0.29, 0.717) is 25.6 Å². The van der Waals surface area contributed by atoms with Gasteiger partial charge in [0.1, 0.15) is 4.53 Å². The third-order valence-electron chi connectivity index (χ3n) is 6.95. The first-order valence-electron chi connectivity index (χ1n) is 11.4. The van der Waals surface area contributed by atoms with Gasteiger partial charge in [0.05, 0.1) is 17.3 Å². The maximum absolute atomic E-state index is 14.0. The summed E-state index contributed by atoms with van der Waals surface area (Å²) in [4.78, 5) is 32.6. The third kappa shape index (κ3) is 2.97. The monoisotopic (exact) mass is 495 g/mol. The molecule has 1 atom stereocenters. The highest BCUT2D eigenvalue weighted by atomic mass is 35.5. The van der Waals surface area contributed by atoms with Crippen LogP contribution in [0.3, 0.4) is 0 Å². The van der Waals surface area contributed by atoms with E-state index in [-0.39, 0.29) is 17.5 Å². The molecule has 0 spiro atoms. The van der Waals surface area contributed by atoms with Gasteiger partial charge >= 0.3 is 0 Å². The summed E-state index contributed by atoms with van der Waals surface area (Å²) in [6.07, 6.45) is 1.66. The Balaban J connectivity index is 1.59. The number of para-hydroxylation sites is 1. The molecule has 5 nitrogen and oxygen atoms in total. The van der Waals surface area contributed by atoms with Crippen LogP contribution in [0.25, 0.3) is 11.3 Å². The predicted octanol–water partition coefficient (Wildman–Crippen LogP) is 4.29. The summed E-state index contributed by atoms with van der Waals surface area (Å²) in [6, 6.07) is 23.0. The standard InChI is InChI=1S/C28H18ClN3O2S/c29-20-11-5-3-9-17(20)24-19-14-13-15-7-1-2-8-16(15)23(19)31-28-32(24)27(34)25(35-28)22-18-10-4-6-12-21(18)30-26(22)33/h1-12,24H,13-14H2,(H,30,33)/b25-22-. The van der Waals surface area contributed by atoms with E-state index in [1.54, 1.807) is 4.57 Å². The van der Waals surface area contributed by atoms with Crippen molar-refractivity contribution in [3.8, 4) is 0 Å². The Labute approximate surface area is 209 Å². The molecule has 7 rings (SSSR count). The summed E-state index contributed by atoms with van der Waals surface area (Å²) < 4.78 is 2.13. The Morgan fingerprint density at radius 3 is 2.51 bits per heavy atom. The van der Waals surface area contributed by atoms with E-state index in [1.165, 1.54) is 16.9 Å². The first-order valence-corrected chi connectivity index (χ1v) is 12.6. The number of amides is 1. The van der Waals surface area contributed by atoms with Crippen LogP contribution in [0, 0.1) is 0 Å². The molecular weight excluding hydrogens is 478 g/mol. The van der Waals surface area contributed by atoms with Crippen LogP contribution in [0.15, 0.2) is 88.2 Å². The van der Waals surface area contributed by atoms with Gasteiger partial charge in [-0.2, -0.15) is 0 Å². The van der Waals surface area contributed by atoms with Gasteiger partial charge in [0.15, 0.2) is 4.80 Å². The van der Waals surface area contributed by atoms with Gasteiger partial charge in [-0.25, -0.2) is 4.99 Å². The summed E-state index contributed by atoms with van der Waals surface area (Å²) in [5, 5.41) is 3.49. The number of aromatic nitrogens is 1. The van der Waals surface area contributed by atoms with Crippen LogP contribution in [0.4, 0.5) is 5.69 Å². The largest absolute Gasteiger partial charge is 0.321 e. The van der Waals surface area contributed by atoms with E-state index in [9.17, 15) is 9.59 Å². The number of nitrogens with zero attached hydrogens (tertiary/aromatic N) is 2. The van der Waals surface area contributed by atoms with Crippen LogP contribution >= 0.6 is 22.9 Å². The summed E-state index contributed by atoms with van der Waals surface area (Å²) in [6.45, 7) is 0. The normalized spacial score (nSPS) is 19.3. The fraction of sp³-hybridized carbons (Fsp3) is 0.107. The minimum absolute atomic E-state index is 0.217. The molecule has 1 aliphatic carbocycles. The Morgan fingerprint density at radius 2 is 1.66 bits per heavy atom. The molecule has 2 aliphatic heterocycles. The molecule has 0 saturated carbocycles. The van der Waals surface area contributed by atoms with Crippen LogP contribution in [-0.4, -0.2) is 10.5 Å². The van der Waals surface area contributed by atoms with Crippen LogP contribution in [0.1, 0.15) is 34.7 Å². The summed E-state index contributed by atoms with van der Waals surface area (Å²) >= 11 is 7.97. The summed E-state index contributed by atoms with van der Waals surface area (Å²) in [5.74, 6) is -0.264. The van der Waals surface area contributed by atoms with E-state index in [4.69, 9.17) is 16.6 Å². The number of carbonyl (C=O) groups is 1. The van der Waals surface area contributed by atoms with Crippen molar-refractivity contribution in [2.24, 2.45) is 4.99 Å². The van der Waals surface area contributed by atoms with Crippen LogP contribution in [0.2, 0.25) is 5.02 Å². The maximum Gasteiger partial charge on any atom is 0.271 e. The number of allylic oxidation sites excluding steroid dienone is 1. The molecule has 7 heteroatoms. The van der Waals surface area contributed by atoms with Crippen LogP contribution in [-0.2, 0) is 11.2 Å². The molecule has 170 valence electrons. The Hall–Kier alpha value is -3.74. The van der Waals surface area contributed by atoms with Gasteiger partial charge in [-0.15, -0.1) is 0 Å². The van der Waals surface area contributed by atoms with E-state index in [0.717, 1.165) is 40.8 Å². The Kier molecular flexibility index (Phi) is 4.50. The molecule has 3 aliphatic rings. The lowest BCUT2D eigenvalue weighted by atomic mass is 9.83. The highest BCUT2D eigenvalue weighted by Crippen LogP contribution is 2.42. The fourth-order valence-corrected chi connectivity index (χ4v) is 6.72. The molecule has 1 unspecified atom stereocenters. The number of carbonyl (C=O) groups excluding carboxylic acids is 1. The van der Waals surface area contributed by atoms with Gasteiger partial charge in [0.25, 0.3) is 11.5 Å². The number of nitrogens with one attached hydrogen (secondary N) is 1. The lowest BCUT2D eigenvalue weighted by Crippen LogP contribution is -2.39. The van der Waals surface area contributed by atoms with Crippen molar-refractivity contribution < 1.29 is 4.79 Å². The van der Waals surface area contributed by atoms with Crippen molar-refractivity contribution >= 4 is 45.8 Å². The molecule has 1 N–H and O–H groups in total. The smallest absolute Gasteiger partial charge is 0.271 e. The fourth-order valence-electron chi connectivity index (χ4n) is 5.39. The van der Waals surface area contributed by atoms with Crippen molar-refractivity contribution in [1.82, 2.24) is 4.57 Å². The molecular formula is C28H18ClN3O2S. The van der Waals surface area contributed by atoms with E-state index >= 15 is 0 Å². The number of anilines is 1. The summed E-state index contributed by atoms with van der Waals surface area (Å²) in [7, 11) is 0. The average molecular weight is 496 g/mol. The summed E-state index contributed by atoms with van der Waals surface area (Å²) in [5.41, 5.74) is 6.85. The zero-order valence-electron chi connectivity index (χ0n) is 18.4. The molecule has 3 aromatic carbocycles. The van der Waals surface area contributed by atoms with Gasteiger partial charge < -0.3 is 5.32 Å². The van der Waals surface area contributed by atoms with E-state index < -0.39 is 0 Å². The zero-order chi connectivity index (χ0) is 23.7. The number of aryl methyl sites for hydroxylation is 1. The molecule has 3 heterocycles. The maximum atomic E-state index is 14.0. The van der Waals surface area contributed by atoms with Crippen molar-refractivity contribution in [3.63, 3.8) is 0 Å². The molecule has 35 heavy (non-hydrogen) atoms. The lowest BCUT2D eigenvalue weighted by molar-refractivity contribution is -0.110. The third-order valence-corrected chi connectivity index (χ3v) is 8.34. The SMILES string of the molecule is O=C1Nc2ccccc2/C1=c1/sc2n(c1=O)C(c1ccccc1Cl)C1=C(N=2)c2ccccc2CC1. The quantitative estimate of drug-likeness (QED) is 0.428. The second-order valence-electron chi connectivity index (χ2n) is 8.83. The topological polar surface area (TPSA) is 63.5 Å². The van der Waals surface area contributed by atoms with Crippen molar-refractivity contribution in [3.05, 3.63) is 125 Å². The molecule has 0 bridgehead atoms. The average Bonchev–Trinajstić information content (AvgIpc) is 3.38. The number of thiazole rings is 1. The van der Waals surface area contributed by atoms with Crippen LogP contribution in [0.5, 0.6) is 0 Å². The molecule has 0 saturated heterocycles. The van der Waals surface area contributed by atoms with Gasteiger partial charge in [0.2, 0.25) is 0 Å². The second kappa shape index (κ2) is 7.63. The van der Waals surface area contributed by atoms with Crippen LogP contribution < -0.4 is 20.2 Å². The number of fused-ring (bicyclic) bond motifs is 4. The highest BCUT2D eigenvalue weighted by molar-refractivity contribution is 7.07. The van der Waals surface area contributed by atoms with Gasteiger partial charge in [-0.3, -0.25) is 14.2 Å². The Morgan fingerprint density at radius 1 is 0.914 bits per heavy atom. The number of hydrogen-bond acceptors (Lipinski definition) is 4. The number of hydrogen-bond donors (Lipinski definition) is 1. The molecule has 1 aromatic heterocycles. The highest BCUT2D eigenvalue weighted by Gasteiger charge is 2.35. The van der Waals surface area contributed by atoms with Gasteiger partial charge in [-0.05, 0) is 41.7 Å². The number of rotatable bonds is 1. The Bertz CT molecular complexity index is 1800. The molecule has 1 amide bonds. The predicted molar refractivity (Wildman–Crippen MR) is 138 cm³/mol. The second-order valence-corrected chi connectivity index (χ2v) is 10.2. The minimum atomic E-state index is -0.377. The lowest BCUT2D eigenvalue weighted by Gasteiger charge is -2.31. The first-order chi connectivity index (χ1) is 17.1. The van der Waals surface area contributed by atoms with Crippen molar-refractivity contribution in [2.75, 3.05) is 5.32 Å². The molecule has 4 aromatic rings. The molecule has 0 fully saturated rings.